The molecule has 36 heavy (non-hydrogen) atoms. The number of halogens is 1. The van der Waals surface area contributed by atoms with Crippen molar-refractivity contribution in [1.82, 2.24) is 0 Å². The fourth-order valence-corrected chi connectivity index (χ4v) is 3.49. The minimum Gasteiger partial charge on any atom is -0.495 e. The second-order valence-electron chi connectivity index (χ2n) is 7.30. The highest BCUT2D eigenvalue weighted by Gasteiger charge is 2.18. The molecule has 10 heteroatoms. The number of nitrogens with zero attached hydrogens (tertiary/aromatic N) is 2. The van der Waals surface area contributed by atoms with Crippen LogP contribution >= 0.6 is 11.6 Å². The van der Waals surface area contributed by atoms with Crippen molar-refractivity contribution in [2.24, 2.45) is 0 Å². The Bertz CT molecular complexity index is 1340. The van der Waals surface area contributed by atoms with Gasteiger partial charge in [0, 0.05) is 12.1 Å². The van der Waals surface area contributed by atoms with Gasteiger partial charge in [0.1, 0.15) is 24.0 Å². The molecule has 0 aliphatic heterocycles. The number of hydrogen-bond acceptors (Lipinski definition) is 7. The van der Waals surface area contributed by atoms with Crippen LogP contribution in [0.3, 0.4) is 0 Å². The van der Waals surface area contributed by atoms with Crippen LogP contribution in [0.15, 0.2) is 66.2 Å². The van der Waals surface area contributed by atoms with Gasteiger partial charge >= 0.3 is 0 Å². The molecule has 0 saturated heterocycles. The van der Waals surface area contributed by atoms with E-state index in [1.165, 1.54) is 25.3 Å². The van der Waals surface area contributed by atoms with Crippen LogP contribution in [0.1, 0.15) is 18.1 Å². The second-order valence-corrected chi connectivity index (χ2v) is 7.71. The molecule has 0 aliphatic carbocycles. The van der Waals surface area contributed by atoms with Crippen LogP contribution in [0.25, 0.3) is 6.08 Å². The quantitative estimate of drug-likeness (QED) is 0.159. The van der Waals surface area contributed by atoms with E-state index in [-0.39, 0.29) is 34.3 Å². The van der Waals surface area contributed by atoms with Crippen molar-refractivity contribution in [2.45, 2.75) is 13.5 Å². The summed E-state index contributed by atoms with van der Waals surface area (Å²) in [5, 5.41) is 23.4. The number of hydrogen-bond donors (Lipinski definition) is 1. The lowest BCUT2D eigenvalue weighted by Crippen LogP contribution is -2.14. The monoisotopic (exact) mass is 507 g/mol. The summed E-state index contributed by atoms with van der Waals surface area (Å²) in [6.45, 7) is 2.41. The van der Waals surface area contributed by atoms with Crippen molar-refractivity contribution < 1.29 is 23.9 Å². The van der Waals surface area contributed by atoms with Gasteiger partial charge in [-0.3, -0.25) is 14.9 Å². The Balaban J connectivity index is 1.88. The first-order valence-corrected chi connectivity index (χ1v) is 11.1. The Hall–Kier alpha value is -4.55. The molecule has 0 unspecified atom stereocenters. The van der Waals surface area contributed by atoms with Gasteiger partial charge in [0.15, 0.2) is 11.5 Å². The normalized spacial score (nSPS) is 10.8. The lowest BCUT2D eigenvalue weighted by Gasteiger charge is -2.15. The zero-order valence-corrected chi connectivity index (χ0v) is 20.2. The van der Waals surface area contributed by atoms with Gasteiger partial charge in [-0.05, 0) is 42.3 Å². The highest BCUT2D eigenvalue weighted by Crippen LogP contribution is 2.38. The average Bonchev–Trinajstić information content (AvgIpc) is 2.87. The fraction of sp³-hybridized carbons (Fsp3) is 0.154. The summed E-state index contributed by atoms with van der Waals surface area (Å²) in [7, 11) is 1.36. The Kier molecular flexibility index (Phi) is 8.86. The molecule has 0 aromatic heterocycles. The van der Waals surface area contributed by atoms with Crippen LogP contribution in [0.2, 0.25) is 5.02 Å². The molecule has 3 aromatic rings. The van der Waals surface area contributed by atoms with Crippen molar-refractivity contribution in [1.29, 1.82) is 5.26 Å². The Morgan fingerprint density at radius 1 is 1.14 bits per heavy atom. The van der Waals surface area contributed by atoms with Crippen LogP contribution in [0.4, 0.5) is 11.4 Å². The predicted molar refractivity (Wildman–Crippen MR) is 135 cm³/mol. The topological polar surface area (TPSA) is 124 Å². The number of nitro groups is 1. The molecule has 0 spiro atoms. The maximum atomic E-state index is 12.8. The first-order valence-electron chi connectivity index (χ1n) is 10.7. The molecular weight excluding hydrogens is 486 g/mol. The Morgan fingerprint density at radius 2 is 1.89 bits per heavy atom. The summed E-state index contributed by atoms with van der Waals surface area (Å²) in [6, 6.07) is 18.3. The van der Waals surface area contributed by atoms with Gasteiger partial charge < -0.3 is 19.5 Å². The van der Waals surface area contributed by atoms with Crippen LogP contribution in [-0.4, -0.2) is 24.5 Å². The maximum Gasteiger partial charge on any atom is 0.271 e. The predicted octanol–water partition coefficient (Wildman–Crippen LogP) is 5.78. The third-order valence-electron chi connectivity index (χ3n) is 4.88. The largest absolute Gasteiger partial charge is 0.495 e. The Morgan fingerprint density at radius 3 is 2.53 bits per heavy atom. The molecule has 1 amide bonds. The molecule has 0 heterocycles. The van der Waals surface area contributed by atoms with E-state index in [2.05, 4.69) is 5.32 Å². The van der Waals surface area contributed by atoms with Crippen LogP contribution < -0.4 is 19.5 Å². The number of amides is 1. The van der Waals surface area contributed by atoms with E-state index in [0.717, 1.165) is 11.6 Å². The fourth-order valence-electron chi connectivity index (χ4n) is 3.22. The molecule has 0 bridgehead atoms. The molecule has 9 nitrogen and oxygen atoms in total. The van der Waals surface area contributed by atoms with E-state index in [4.69, 9.17) is 25.8 Å². The maximum absolute atomic E-state index is 12.8. The Labute approximate surface area is 212 Å². The lowest BCUT2D eigenvalue weighted by molar-refractivity contribution is -0.384. The van der Waals surface area contributed by atoms with Crippen molar-refractivity contribution in [2.75, 3.05) is 19.0 Å². The van der Waals surface area contributed by atoms with Gasteiger partial charge in [0.2, 0.25) is 0 Å². The summed E-state index contributed by atoms with van der Waals surface area (Å²) < 4.78 is 16.7. The third kappa shape index (κ3) is 6.52. The van der Waals surface area contributed by atoms with Crippen molar-refractivity contribution >= 4 is 35.0 Å². The first kappa shape index (κ1) is 26.1. The first-order chi connectivity index (χ1) is 17.4. The summed E-state index contributed by atoms with van der Waals surface area (Å²) in [6.07, 6.45) is 1.33. The summed E-state index contributed by atoms with van der Waals surface area (Å²) >= 11 is 6.46. The van der Waals surface area contributed by atoms with Gasteiger partial charge in [-0.1, -0.05) is 41.9 Å². The molecule has 0 fully saturated rings. The summed E-state index contributed by atoms with van der Waals surface area (Å²) in [5.74, 6) is 0.108. The number of anilines is 1. The number of carbonyl (C=O) groups excluding carboxylic acids is 1. The zero-order valence-electron chi connectivity index (χ0n) is 19.5. The number of rotatable bonds is 10. The molecule has 0 atom stereocenters. The van der Waals surface area contributed by atoms with Crippen molar-refractivity contribution in [3.05, 3.63) is 92.5 Å². The molecule has 184 valence electrons. The van der Waals surface area contributed by atoms with Gasteiger partial charge in [0.05, 0.1) is 29.4 Å². The molecule has 0 saturated carbocycles. The van der Waals surface area contributed by atoms with Gasteiger partial charge in [-0.2, -0.15) is 5.26 Å². The average molecular weight is 508 g/mol. The molecule has 3 aromatic carbocycles. The molecule has 0 radical (unpaired) electrons. The molecule has 3 rings (SSSR count). The lowest BCUT2D eigenvalue weighted by atomic mass is 10.1. The van der Waals surface area contributed by atoms with Gasteiger partial charge in [-0.15, -0.1) is 0 Å². The van der Waals surface area contributed by atoms with E-state index < -0.39 is 10.8 Å². The second kappa shape index (κ2) is 12.2. The van der Waals surface area contributed by atoms with E-state index >= 15 is 0 Å². The number of ether oxygens (including phenoxy) is 3. The van der Waals surface area contributed by atoms with E-state index in [0.29, 0.717) is 23.7 Å². The van der Waals surface area contributed by atoms with E-state index in [9.17, 15) is 20.2 Å². The van der Waals surface area contributed by atoms with Crippen LogP contribution in [-0.2, 0) is 11.4 Å². The number of nitrogens with one attached hydrogen (secondary N) is 1. The summed E-state index contributed by atoms with van der Waals surface area (Å²) in [5.41, 5.74) is 0.914. The molecule has 1 N–H and O–H groups in total. The smallest absolute Gasteiger partial charge is 0.271 e. The number of carbonyl (C=O) groups is 1. The number of methoxy groups -OCH3 is 1. The van der Waals surface area contributed by atoms with Gasteiger partial charge in [-0.25, -0.2) is 0 Å². The highest BCUT2D eigenvalue weighted by atomic mass is 35.5. The number of nitro benzene ring substituents is 1. The van der Waals surface area contributed by atoms with Crippen molar-refractivity contribution in [3.63, 3.8) is 0 Å². The van der Waals surface area contributed by atoms with E-state index in [1.54, 1.807) is 19.1 Å². The highest BCUT2D eigenvalue weighted by molar-refractivity contribution is 6.32. The van der Waals surface area contributed by atoms with E-state index in [1.807, 2.05) is 36.4 Å². The van der Waals surface area contributed by atoms with Crippen molar-refractivity contribution in [3.8, 4) is 23.3 Å². The molecule has 0 aliphatic rings. The minimum atomic E-state index is -0.783. The standard InChI is InChI=1S/C26H22ClN3O6/c1-3-35-24-13-18(12-21(27)25(24)36-16-17-7-5-4-6-8-17)11-19(15-28)26(31)29-22-14-20(30(32)33)9-10-23(22)34-2/h4-14H,3,16H2,1-2H3,(H,29,31)/b19-11+. The minimum absolute atomic E-state index is 0.0514. The van der Waals surface area contributed by atoms with Gasteiger partial charge in [0.25, 0.3) is 11.6 Å². The SMILES string of the molecule is CCOc1cc(/C=C(\C#N)C(=O)Nc2cc([N+](=O)[O-])ccc2OC)cc(Cl)c1OCc1ccccc1. The molecular formula is C26H22ClN3O6. The number of nitriles is 1. The zero-order chi connectivity index (χ0) is 26.1. The number of non-ortho nitro benzene ring substituents is 1. The van der Waals surface area contributed by atoms with Crippen LogP contribution in [0.5, 0.6) is 17.2 Å². The summed E-state index contributed by atoms with van der Waals surface area (Å²) in [4.78, 5) is 23.3. The number of benzene rings is 3. The third-order valence-corrected chi connectivity index (χ3v) is 5.16. The van der Waals surface area contributed by atoms with Crippen LogP contribution in [0, 0.1) is 21.4 Å².